The number of hydrogen-bond acceptors (Lipinski definition) is 4. The van der Waals surface area contributed by atoms with Gasteiger partial charge in [-0.25, -0.2) is 0 Å². The van der Waals surface area contributed by atoms with Crippen molar-refractivity contribution < 1.29 is 14.6 Å². The Bertz CT molecular complexity index is 666. The Balaban J connectivity index is 2.24. The molecule has 106 valence electrons. The summed E-state index contributed by atoms with van der Waals surface area (Å²) in [5.74, 6) is -0.401. The van der Waals surface area contributed by atoms with Gasteiger partial charge in [-0.3, -0.25) is 9.59 Å². The van der Waals surface area contributed by atoms with Crippen LogP contribution in [-0.4, -0.2) is 42.4 Å². The third-order valence-electron chi connectivity index (χ3n) is 2.85. The maximum Gasteiger partial charge on any atom is 0.252 e. The molecule has 0 aliphatic rings. The number of aliphatic hydroxyl groups is 1. The van der Waals surface area contributed by atoms with E-state index in [1.165, 1.54) is 13.2 Å². The molecule has 0 aliphatic carbocycles. The number of rotatable bonds is 5. The zero-order valence-corrected chi connectivity index (χ0v) is 11.1. The normalized spacial score (nSPS) is 12.3. The van der Waals surface area contributed by atoms with Gasteiger partial charge in [-0.2, -0.15) is 0 Å². The van der Waals surface area contributed by atoms with Gasteiger partial charge in [0, 0.05) is 30.6 Å². The number of ether oxygens (including phenoxy) is 1. The monoisotopic (exact) mass is 276 g/mol. The Hall–Kier alpha value is -2.18. The van der Waals surface area contributed by atoms with Gasteiger partial charge < -0.3 is 20.1 Å². The summed E-state index contributed by atoms with van der Waals surface area (Å²) in [4.78, 5) is 26.3. The van der Waals surface area contributed by atoms with Crippen LogP contribution in [0.2, 0.25) is 0 Å². The highest BCUT2D eigenvalue weighted by atomic mass is 16.5. The largest absolute Gasteiger partial charge is 0.389 e. The SMILES string of the molecule is COCC(O)CNC(=O)c1cc(=O)[nH]c2ccccc12. The van der Waals surface area contributed by atoms with Crippen LogP contribution in [0, 0.1) is 0 Å². The predicted octanol–water partition coefficient (Wildman–Crippen LogP) is 0.265. The number of methoxy groups -OCH3 is 1. The lowest BCUT2D eigenvalue weighted by molar-refractivity contribution is 0.0610. The van der Waals surface area contributed by atoms with Gasteiger partial charge in [0.1, 0.15) is 0 Å². The van der Waals surface area contributed by atoms with E-state index in [-0.39, 0.29) is 24.3 Å². The minimum atomic E-state index is -0.780. The van der Waals surface area contributed by atoms with E-state index in [0.717, 1.165) is 0 Å². The molecule has 0 spiro atoms. The molecule has 1 aromatic heterocycles. The molecule has 0 radical (unpaired) electrons. The average Bonchev–Trinajstić information content (AvgIpc) is 2.44. The van der Waals surface area contributed by atoms with Crippen LogP contribution in [0.15, 0.2) is 35.1 Å². The van der Waals surface area contributed by atoms with Crippen molar-refractivity contribution >= 4 is 16.8 Å². The summed E-state index contributed by atoms with van der Waals surface area (Å²) in [5, 5.41) is 12.7. The molecule has 0 saturated carbocycles. The quantitative estimate of drug-likeness (QED) is 0.730. The molecule has 1 aromatic carbocycles. The summed E-state index contributed by atoms with van der Waals surface area (Å²) in [7, 11) is 1.47. The number of aliphatic hydroxyl groups excluding tert-OH is 1. The van der Waals surface area contributed by atoms with Crippen molar-refractivity contribution in [3.05, 3.63) is 46.2 Å². The van der Waals surface area contributed by atoms with Gasteiger partial charge >= 0.3 is 0 Å². The third kappa shape index (κ3) is 3.23. The highest BCUT2D eigenvalue weighted by Crippen LogP contribution is 2.14. The Morgan fingerprint density at radius 3 is 2.95 bits per heavy atom. The zero-order chi connectivity index (χ0) is 14.5. The van der Waals surface area contributed by atoms with Crippen LogP contribution < -0.4 is 10.9 Å². The predicted molar refractivity (Wildman–Crippen MR) is 74.8 cm³/mol. The first kappa shape index (κ1) is 14.2. The molecule has 0 saturated heterocycles. The minimum absolute atomic E-state index is 0.0633. The number of carbonyl (C=O) groups excluding carboxylic acids is 1. The van der Waals surface area contributed by atoms with Crippen molar-refractivity contribution in [2.24, 2.45) is 0 Å². The van der Waals surface area contributed by atoms with Crippen LogP contribution in [0.1, 0.15) is 10.4 Å². The summed E-state index contributed by atoms with van der Waals surface area (Å²) in [6.45, 7) is 0.199. The van der Waals surface area contributed by atoms with E-state index in [1.54, 1.807) is 24.3 Å². The topological polar surface area (TPSA) is 91.4 Å². The lowest BCUT2D eigenvalue weighted by Crippen LogP contribution is -2.34. The molecular weight excluding hydrogens is 260 g/mol. The van der Waals surface area contributed by atoms with Crippen molar-refractivity contribution in [2.45, 2.75) is 6.10 Å². The molecule has 2 aromatic rings. The number of para-hydroxylation sites is 1. The Morgan fingerprint density at radius 2 is 2.20 bits per heavy atom. The molecule has 1 heterocycles. The first-order valence-electron chi connectivity index (χ1n) is 6.19. The summed E-state index contributed by atoms with van der Waals surface area (Å²) in [6, 6.07) is 8.30. The number of pyridine rings is 1. The molecule has 6 nitrogen and oxygen atoms in total. The lowest BCUT2D eigenvalue weighted by Gasteiger charge is -2.11. The summed E-state index contributed by atoms with van der Waals surface area (Å²) in [5.41, 5.74) is 0.544. The summed E-state index contributed by atoms with van der Waals surface area (Å²) < 4.78 is 4.77. The van der Waals surface area contributed by atoms with Gasteiger partial charge in [-0.15, -0.1) is 0 Å². The lowest BCUT2D eigenvalue weighted by atomic mass is 10.1. The van der Waals surface area contributed by atoms with Crippen LogP contribution in [0.4, 0.5) is 0 Å². The number of benzene rings is 1. The van der Waals surface area contributed by atoms with Gasteiger partial charge in [0.15, 0.2) is 0 Å². The number of aromatic amines is 1. The number of carbonyl (C=O) groups is 1. The average molecular weight is 276 g/mol. The second-order valence-corrected chi connectivity index (χ2v) is 4.41. The van der Waals surface area contributed by atoms with E-state index < -0.39 is 12.0 Å². The number of hydrogen-bond donors (Lipinski definition) is 3. The highest BCUT2D eigenvalue weighted by molar-refractivity contribution is 6.05. The molecule has 1 unspecified atom stereocenters. The minimum Gasteiger partial charge on any atom is -0.389 e. The van der Waals surface area contributed by atoms with Crippen molar-refractivity contribution in [2.75, 3.05) is 20.3 Å². The van der Waals surface area contributed by atoms with Gasteiger partial charge in [-0.05, 0) is 6.07 Å². The zero-order valence-electron chi connectivity index (χ0n) is 11.1. The van der Waals surface area contributed by atoms with Gasteiger partial charge in [0.2, 0.25) is 5.56 Å². The Labute approximate surface area is 115 Å². The van der Waals surface area contributed by atoms with Crippen LogP contribution in [-0.2, 0) is 4.74 Å². The fourth-order valence-electron chi connectivity index (χ4n) is 1.95. The van der Waals surface area contributed by atoms with E-state index in [4.69, 9.17) is 4.74 Å². The smallest absolute Gasteiger partial charge is 0.252 e. The van der Waals surface area contributed by atoms with E-state index in [9.17, 15) is 14.7 Å². The molecule has 2 rings (SSSR count). The van der Waals surface area contributed by atoms with Crippen LogP contribution in [0.25, 0.3) is 10.9 Å². The second-order valence-electron chi connectivity index (χ2n) is 4.41. The maximum atomic E-state index is 12.1. The second kappa shape index (κ2) is 6.31. The van der Waals surface area contributed by atoms with Crippen molar-refractivity contribution in [3.8, 4) is 0 Å². The molecule has 3 N–H and O–H groups in total. The molecular formula is C14H16N2O4. The van der Waals surface area contributed by atoms with E-state index in [1.807, 2.05) is 0 Å². The maximum absolute atomic E-state index is 12.1. The molecule has 1 atom stereocenters. The van der Waals surface area contributed by atoms with Gasteiger partial charge in [-0.1, -0.05) is 18.2 Å². The first-order valence-corrected chi connectivity index (χ1v) is 6.19. The standard InChI is InChI=1S/C14H16N2O4/c1-20-8-9(17)7-15-14(19)11-6-13(18)16-12-5-3-2-4-10(11)12/h2-6,9,17H,7-8H2,1H3,(H,15,19)(H,16,18). The van der Waals surface area contributed by atoms with E-state index in [2.05, 4.69) is 10.3 Å². The molecule has 20 heavy (non-hydrogen) atoms. The molecule has 0 bridgehead atoms. The Morgan fingerprint density at radius 1 is 1.45 bits per heavy atom. The van der Waals surface area contributed by atoms with Crippen LogP contribution in [0.5, 0.6) is 0 Å². The Kier molecular flexibility index (Phi) is 4.49. The van der Waals surface area contributed by atoms with Crippen LogP contribution >= 0.6 is 0 Å². The van der Waals surface area contributed by atoms with E-state index in [0.29, 0.717) is 10.9 Å². The van der Waals surface area contributed by atoms with Crippen molar-refractivity contribution in [3.63, 3.8) is 0 Å². The van der Waals surface area contributed by atoms with Gasteiger partial charge in [0.05, 0.1) is 18.3 Å². The first-order chi connectivity index (χ1) is 9.61. The third-order valence-corrected chi connectivity index (χ3v) is 2.85. The van der Waals surface area contributed by atoms with Gasteiger partial charge in [0.25, 0.3) is 5.91 Å². The highest BCUT2D eigenvalue weighted by Gasteiger charge is 2.13. The molecule has 1 amide bonds. The van der Waals surface area contributed by atoms with Crippen molar-refractivity contribution in [1.29, 1.82) is 0 Å². The summed E-state index contributed by atoms with van der Waals surface area (Å²) in [6.07, 6.45) is -0.780. The molecule has 0 aliphatic heterocycles. The fraction of sp³-hybridized carbons (Fsp3) is 0.286. The fourth-order valence-corrected chi connectivity index (χ4v) is 1.95. The van der Waals surface area contributed by atoms with Crippen molar-refractivity contribution in [1.82, 2.24) is 10.3 Å². The number of aromatic nitrogens is 1. The number of fused-ring (bicyclic) bond motifs is 1. The number of amides is 1. The van der Waals surface area contributed by atoms with E-state index >= 15 is 0 Å². The number of nitrogens with one attached hydrogen (secondary N) is 2. The summed E-state index contributed by atoms with van der Waals surface area (Å²) >= 11 is 0. The molecule has 6 heteroatoms. The molecule has 0 fully saturated rings. The van der Waals surface area contributed by atoms with Crippen LogP contribution in [0.3, 0.4) is 0 Å². The number of H-pyrrole nitrogens is 1.